The molecule has 0 saturated heterocycles. The maximum atomic E-state index is 12.7. The van der Waals surface area contributed by atoms with Crippen LogP contribution in [-0.2, 0) is 11.4 Å². The molecule has 10 nitrogen and oxygen atoms in total. The van der Waals surface area contributed by atoms with Crippen molar-refractivity contribution >= 4 is 17.3 Å². The molecule has 0 aliphatic rings. The molecule has 0 saturated carbocycles. The number of nitrogens with one attached hydrogen (secondary N) is 1. The predicted octanol–water partition coefficient (Wildman–Crippen LogP) is 4.98. The summed E-state index contributed by atoms with van der Waals surface area (Å²) in [6.45, 7) is 10.0. The molecule has 35 heavy (non-hydrogen) atoms. The zero-order valence-corrected chi connectivity index (χ0v) is 20.5. The minimum absolute atomic E-state index is 0.0768. The molecule has 0 aliphatic heterocycles. The lowest BCUT2D eigenvalue weighted by Crippen LogP contribution is -2.25. The molecule has 0 bridgehead atoms. The van der Waals surface area contributed by atoms with E-state index in [0.29, 0.717) is 48.5 Å². The lowest BCUT2D eigenvalue weighted by Gasteiger charge is -2.15. The first-order valence-electron chi connectivity index (χ1n) is 11.4. The van der Waals surface area contributed by atoms with Gasteiger partial charge in [0.15, 0.2) is 11.5 Å². The number of hydrogen-bond donors (Lipinski definition) is 1. The van der Waals surface area contributed by atoms with Gasteiger partial charge in [-0.3, -0.25) is 19.6 Å². The van der Waals surface area contributed by atoms with Gasteiger partial charge >= 0.3 is 5.69 Å². The Hall–Kier alpha value is -4.08. The van der Waals surface area contributed by atoms with Gasteiger partial charge in [0.2, 0.25) is 5.91 Å². The van der Waals surface area contributed by atoms with E-state index < -0.39 is 11.0 Å². The molecule has 1 amide bonds. The maximum absolute atomic E-state index is 12.7. The minimum atomic E-state index is -0.725. The first-order chi connectivity index (χ1) is 16.7. The molecule has 0 fully saturated rings. The van der Waals surface area contributed by atoms with E-state index in [1.54, 1.807) is 45.0 Å². The molecule has 1 atom stereocenters. The second kappa shape index (κ2) is 11.4. The Balaban J connectivity index is 1.61. The molecule has 1 aromatic heterocycles. The smallest absolute Gasteiger partial charge is 0.312 e. The van der Waals surface area contributed by atoms with E-state index in [9.17, 15) is 14.9 Å². The summed E-state index contributed by atoms with van der Waals surface area (Å²) in [6.07, 6.45) is 0. The van der Waals surface area contributed by atoms with E-state index in [4.69, 9.17) is 14.2 Å². The summed E-state index contributed by atoms with van der Waals surface area (Å²) in [4.78, 5) is 23.5. The molecule has 0 radical (unpaired) electrons. The van der Waals surface area contributed by atoms with Crippen LogP contribution in [0.4, 0.5) is 11.4 Å². The summed E-state index contributed by atoms with van der Waals surface area (Å²) >= 11 is 0. The highest BCUT2D eigenvalue weighted by Crippen LogP contribution is 2.29. The quantitative estimate of drug-likeness (QED) is 0.302. The lowest BCUT2D eigenvalue weighted by molar-refractivity contribution is -0.386. The topological polar surface area (TPSA) is 118 Å². The van der Waals surface area contributed by atoms with Gasteiger partial charge in [-0.2, -0.15) is 5.10 Å². The van der Waals surface area contributed by atoms with E-state index in [-0.39, 0.29) is 17.3 Å². The Morgan fingerprint density at radius 2 is 1.71 bits per heavy atom. The molecule has 0 spiro atoms. The van der Waals surface area contributed by atoms with Gasteiger partial charge in [0, 0.05) is 5.69 Å². The van der Waals surface area contributed by atoms with Crippen LogP contribution in [0.25, 0.3) is 0 Å². The van der Waals surface area contributed by atoms with Crippen LogP contribution in [0, 0.1) is 24.0 Å². The van der Waals surface area contributed by atoms with Crippen LogP contribution in [0.15, 0.2) is 42.5 Å². The highest BCUT2D eigenvalue weighted by atomic mass is 16.6. The Labute approximate surface area is 204 Å². The fraction of sp³-hybridized carbons (Fsp3) is 0.360. The average molecular weight is 483 g/mol. The van der Waals surface area contributed by atoms with Gasteiger partial charge in [-0.25, -0.2) is 0 Å². The van der Waals surface area contributed by atoms with Crippen molar-refractivity contribution in [2.24, 2.45) is 0 Å². The average Bonchev–Trinajstić information content (AvgIpc) is 3.13. The molecule has 1 heterocycles. The van der Waals surface area contributed by atoms with Gasteiger partial charge in [-0.1, -0.05) is 6.07 Å². The van der Waals surface area contributed by atoms with E-state index >= 15 is 0 Å². The Morgan fingerprint density at radius 3 is 2.31 bits per heavy atom. The van der Waals surface area contributed by atoms with Crippen molar-refractivity contribution in [1.29, 1.82) is 0 Å². The fourth-order valence-electron chi connectivity index (χ4n) is 3.64. The summed E-state index contributed by atoms with van der Waals surface area (Å²) in [7, 11) is 0. The third-order valence-electron chi connectivity index (χ3n) is 5.35. The third kappa shape index (κ3) is 6.08. The molecule has 2 aromatic carbocycles. The number of carbonyl (C=O) groups is 1. The number of carbonyl (C=O) groups excluding carboxylic acids is 1. The molecule has 1 N–H and O–H groups in total. The molecule has 3 aromatic rings. The lowest BCUT2D eigenvalue weighted by atomic mass is 10.2. The van der Waals surface area contributed by atoms with Crippen molar-refractivity contribution in [3.63, 3.8) is 0 Å². The molecular formula is C25H30N4O6. The summed E-state index contributed by atoms with van der Waals surface area (Å²) < 4.78 is 18.5. The summed E-state index contributed by atoms with van der Waals surface area (Å²) in [5.41, 5.74) is 2.04. The molecular weight excluding hydrogens is 452 g/mol. The minimum Gasteiger partial charge on any atom is -0.490 e. The molecule has 10 heteroatoms. The van der Waals surface area contributed by atoms with E-state index in [2.05, 4.69) is 10.4 Å². The fourth-order valence-corrected chi connectivity index (χ4v) is 3.64. The normalized spacial score (nSPS) is 11.6. The molecule has 186 valence electrons. The van der Waals surface area contributed by atoms with Gasteiger partial charge in [0.25, 0.3) is 0 Å². The van der Waals surface area contributed by atoms with Gasteiger partial charge in [0.1, 0.15) is 29.8 Å². The Bertz CT molecular complexity index is 1190. The number of amides is 1. The number of nitrogens with zero attached hydrogens (tertiary/aromatic N) is 3. The SMILES string of the molecule is CCOc1ccc(COc2ccc(NC(=O)C(C)n3nc(C)c([N+](=O)[O-])c3C)cc2)cc1OCC. The highest BCUT2D eigenvalue weighted by Gasteiger charge is 2.27. The number of hydrogen-bond acceptors (Lipinski definition) is 7. The van der Waals surface area contributed by atoms with E-state index in [0.717, 1.165) is 5.56 Å². The van der Waals surface area contributed by atoms with Crippen LogP contribution in [0.5, 0.6) is 17.2 Å². The first-order valence-corrected chi connectivity index (χ1v) is 11.4. The van der Waals surface area contributed by atoms with Gasteiger partial charge in [0.05, 0.1) is 18.1 Å². The second-order valence-corrected chi connectivity index (χ2v) is 7.85. The van der Waals surface area contributed by atoms with Gasteiger partial charge in [-0.05, 0) is 76.6 Å². The largest absolute Gasteiger partial charge is 0.490 e. The highest BCUT2D eigenvalue weighted by molar-refractivity contribution is 5.93. The second-order valence-electron chi connectivity index (χ2n) is 7.85. The van der Waals surface area contributed by atoms with Crippen molar-refractivity contribution in [2.45, 2.75) is 47.3 Å². The van der Waals surface area contributed by atoms with Crippen LogP contribution >= 0.6 is 0 Å². The monoisotopic (exact) mass is 482 g/mol. The van der Waals surface area contributed by atoms with Crippen molar-refractivity contribution in [3.8, 4) is 17.2 Å². The Kier molecular flexibility index (Phi) is 8.30. The zero-order chi connectivity index (χ0) is 25.5. The standard InChI is InChI=1S/C25H30N4O6/c1-6-33-22-13-8-19(14-23(22)34-7-2)15-35-21-11-9-20(10-12-21)26-25(30)18(5)28-17(4)24(29(31)32)16(3)27-28/h8-14,18H,6-7,15H2,1-5H3,(H,26,30). The zero-order valence-electron chi connectivity index (χ0n) is 20.5. The molecule has 1 unspecified atom stereocenters. The number of anilines is 1. The number of rotatable bonds is 11. The van der Waals surface area contributed by atoms with Crippen LogP contribution < -0.4 is 19.5 Å². The third-order valence-corrected chi connectivity index (χ3v) is 5.35. The Morgan fingerprint density at radius 1 is 1.06 bits per heavy atom. The maximum Gasteiger partial charge on any atom is 0.312 e. The number of ether oxygens (including phenoxy) is 3. The van der Waals surface area contributed by atoms with Crippen molar-refractivity contribution < 1.29 is 23.9 Å². The van der Waals surface area contributed by atoms with E-state index in [1.807, 2.05) is 32.0 Å². The summed E-state index contributed by atoms with van der Waals surface area (Å²) in [5.74, 6) is 1.67. The van der Waals surface area contributed by atoms with Gasteiger partial charge in [-0.15, -0.1) is 0 Å². The first kappa shape index (κ1) is 25.5. The van der Waals surface area contributed by atoms with Crippen LogP contribution in [-0.4, -0.2) is 33.8 Å². The van der Waals surface area contributed by atoms with Gasteiger partial charge < -0.3 is 19.5 Å². The van der Waals surface area contributed by atoms with Crippen LogP contribution in [0.1, 0.15) is 43.8 Å². The predicted molar refractivity (Wildman–Crippen MR) is 131 cm³/mol. The number of benzene rings is 2. The molecule has 0 aliphatic carbocycles. The number of aryl methyl sites for hydroxylation is 1. The van der Waals surface area contributed by atoms with Crippen LogP contribution in [0.3, 0.4) is 0 Å². The van der Waals surface area contributed by atoms with Crippen molar-refractivity contribution in [3.05, 3.63) is 69.5 Å². The summed E-state index contributed by atoms with van der Waals surface area (Å²) in [5, 5.41) is 18.2. The van der Waals surface area contributed by atoms with Crippen molar-refractivity contribution in [1.82, 2.24) is 9.78 Å². The van der Waals surface area contributed by atoms with Crippen molar-refractivity contribution in [2.75, 3.05) is 18.5 Å². The number of nitro groups is 1. The molecule has 3 rings (SSSR count). The van der Waals surface area contributed by atoms with E-state index in [1.165, 1.54) is 4.68 Å². The number of aromatic nitrogens is 2. The van der Waals surface area contributed by atoms with Crippen LogP contribution in [0.2, 0.25) is 0 Å². The summed E-state index contributed by atoms with van der Waals surface area (Å²) in [6, 6.07) is 11.9.